The Kier molecular flexibility index (Phi) is 5.72. The average Bonchev–Trinajstić information content (AvgIpc) is 2.52. The fourth-order valence-corrected chi connectivity index (χ4v) is 2.30. The minimum absolute atomic E-state index is 0.108. The fourth-order valence-electron chi connectivity index (χ4n) is 2.10. The van der Waals surface area contributed by atoms with Crippen molar-refractivity contribution in [2.45, 2.75) is 6.42 Å². The molecule has 5 heteroatoms. The molecule has 0 atom stereocenters. The molecule has 1 heterocycles. The van der Waals surface area contributed by atoms with Gasteiger partial charge in [0.05, 0.1) is 10.6 Å². The molecule has 1 aromatic heterocycles. The molecule has 0 spiro atoms. The number of carbonyl (C=O) groups is 1. The number of pyridine rings is 1. The summed E-state index contributed by atoms with van der Waals surface area (Å²) in [6.07, 6.45) is 3.83. The van der Waals surface area contributed by atoms with E-state index in [1.54, 1.807) is 17.2 Å². The summed E-state index contributed by atoms with van der Waals surface area (Å²) < 4.78 is 0. The topological polar surface area (TPSA) is 59.2 Å². The third-order valence-corrected chi connectivity index (χ3v) is 3.50. The van der Waals surface area contributed by atoms with Crippen LogP contribution in [0.1, 0.15) is 15.9 Å². The third kappa shape index (κ3) is 4.28. The van der Waals surface area contributed by atoms with Crippen LogP contribution in [0.25, 0.3) is 0 Å². The number of carbonyl (C=O) groups excluding carboxylic acids is 1. The van der Waals surface area contributed by atoms with Crippen molar-refractivity contribution in [3.63, 3.8) is 0 Å². The second-order valence-corrected chi connectivity index (χ2v) is 5.08. The molecule has 0 unspecified atom stereocenters. The summed E-state index contributed by atoms with van der Waals surface area (Å²) in [6, 6.07) is 11.7. The number of aromatic nitrogens is 1. The van der Waals surface area contributed by atoms with Crippen LogP contribution >= 0.6 is 11.6 Å². The third-order valence-electron chi connectivity index (χ3n) is 3.20. The van der Waals surface area contributed by atoms with Crippen molar-refractivity contribution in [2.75, 3.05) is 19.6 Å². The van der Waals surface area contributed by atoms with E-state index in [-0.39, 0.29) is 5.91 Å². The summed E-state index contributed by atoms with van der Waals surface area (Å²) in [4.78, 5) is 18.2. The first-order valence-electron chi connectivity index (χ1n) is 6.85. The zero-order valence-electron chi connectivity index (χ0n) is 11.7. The highest BCUT2D eigenvalue weighted by molar-refractivity contribution is 6.33. The van der Waals surface area contributed by atoms with Gasteiger partial charge in [-0.05, 0) is 18.1 Å². The van der Waals surface area contributed by atoms with Crippen molar-refractivity contribution in [3.8, 4) is 0 Å². The normalized spacial score (nSPS) is 10.4. The molecule has 1 aromatic carbocycles. The van der Waals surface area contributed by atoms with Gasteiger partial charge in [0.2, 0.25) is 0 Å². The van der Waals surface area contributed by atoms with Crippen LogP contribution in [0.3, 0.4) is 0 Å². The molecule has 0 aliphatic rings. The van der Waals surface area contributed by atoms with Crippen molar-refractivity contribution in [1.29, 1.82) is 0 Å². The predicted octanol–water partition coefficient (Wildman–Crippen LogP) is 2.38. The summed E-state index contributed by atoms with van der Waals surface area (Å²) in [6.45, 7) is 1.53. The summed E-state index contributed by atoms with van der Waals surface area (Å²) >= 11 is 6.04. The van der Waals surface area contributed by atoms with Gasteiger partial charge in [-0.15, -0.1) is 0 Å². The van der Waals surface area contributed by atoms with Crippen LogP contribution in [0.5, 0.6) is 0 Å². The lowest BCUT2D eigenvalue weighted by Gasteiger charge is -2.22. The van der Waals surface area contributed by atoms with Gasteiger partial charge in [0.15, 0.2) is 0 Å². The SMILES string of the molecule is NCCN(CCc1ccccc1)C(=O)c1ccncc1Cl. The van der Waals surface area contributed by atoms with Crippen LogP contribution in [0.15, 0.2) is 48.8 Å². The quantitative estimate of drug-likeness (QED) is 0.891. The summed E-state index contributed by atoms with van der Waals surface area (Å²) in [7, 11) is 0. The van der Waals surface area contributed by atoms with E-state index in [0.717, 1.165) is 6.42 Å². The van der Waals surface area contributed by atoms with E-state index in [4.69, 9.17) is 17.3 Å². The van der Waals surface area contributed by atoms with Crippen LogP contribution in [0.2, 0.25) is 5.02 Å². The van der Waals surface area contributed by atoms with Gasteiger partial charge >= 0.3 is 0 Å². The standard InChI is InChI=1S/C16H18ClN3O/c17-15-12-19-9-6-14(15)16(21)20(11-8-18)10-7-13-4-2-1-3-5-13/h1-6,9,12H,7-8,10-11,18H2. The van der Waals surface area contributed by atoms with Crippen LogP contribution in [-0.4, -0.2) is 35.4 Å². The molecule has 0 aliphatic carbocycles. The highest BCUT2D eigenvalue weighted by Gasteiger charge is 2.17. The first-order chi connectivity index (χ1) is 10.2. The number of hydrogen-bond donors (Lipinski definition) is 1. The number of benzene rings is 1. The van der Waals surface area contributed by atoms with Crippen molar-refractivity contribution in [2.24, 2.45) is 5.73 Å². The Balaban J connectivity index is 2.08. The number of halogens is 1. The van der Waals surface area contributed by atoms with E-state index in [0.29, 0.717) is 30.2 Å². The van der Waals surface area contributed by atoms with Crippen molar-refractivity contribution < 1.29 is 4.79 Å². The Morgan fingerprint density at radius 2 is 1.95 bits per heavy atom. The van der Waals surface area contributed by atoms with Gasteiger partial charge in [0.1, 0.15) is 0 Å². The second-order valence-electron chi connectivity index (χ2n) is 4.67. The summed E-state index contributed by atoms with van der Waals surface area (Å²) in [5.74, 6) is -0.108. The molecule has 2 N–H and O–H groups in total. The van der Waals surface area contributed by atoms with Crippen molar-refractivity contribution in [3.05, 3.63) is 64.9 Å². The number of nitrogens with two attached hydrogens (primary N) is 1. The maximum atomic E-state index is 12.5. The highest BCUT2D eigenvalue weighted by atomic mass is 35.5. The van der Waals surface area contributed by atoms with Crippen LogP contribution in [0.4, 0.5) is 0 Å². The van der Waals surface area contributed by atoms with E-state index < -0.39 is 0 Å². The van der Waals surface area contributed by atoms with Gasteiger partial charge in [0.25, 0.3) is 5.91 Å². The Labute approximate surface area is 129 Å². The zero-order chi connectivity index (χ0) is 15.1. The monoisotopic (exact) mass is 303 g/mol. The average molecular weight is 304 g/mol. The molecular formula is C16H18ClN3O. The molecule has 4 nitrogen and oxygen atoms in total. The summed E-state index contributed by atoms with van der Waals surface area (Å²) in [5, 5.41) is 0.365. The van der Waals surface area contributed by atoms with Crippen molar-refractivity contribution in [1.82, 2.24) is 9.88 Å². The van der Waals surface area contributed by atoms with Gasteiger partial charge in [-0.25, -0.2) is 0 Å². The number of rotatable bonds is 6. The Hall–Kier alpha value is -1.91. The van der Waals surface area contributed by atoms with Crippen LogP contribution in [-0.2, 0) is 6.42 Å². The Morgan fingerprint density at radius 3 is 2.62 bits per heavy atom. The minimum atomic E-state index is -0.108. The van der Waals surface area contributed by atoms with Gasteiger partial charge in [0, 0.05) is 32.0 Å². The highest BCUT2D eigenvalue weighted by Crippen LogP contribution is 2.16. The largest absolute Gasteiger partial charge is 0.337 e. The van der Waals surface area contributed by atoms with Gasteiger partial charge in [-0.1, -0.05) is 41.9 Å². The number of amides is 1. The molecule has 0 saturated heterocycles. The number of nitrogens with zero attached hydrogens (tertiary/aromatic N) is 2. The molecule has 1 amide bonds. The first-order valence-corrected chi connectivity index (χ1v) is 7.23. The van der Waals surface area contributed by atoms with Gasteiger partial charge in [-0.3, -0.25) is 9.78 Å². The Bertz CT molecular complexity index is 589. The molecule has 0 saturated carbocycles. The van der Waals surface area contributed by atoms with Gasteiger partial charge in [-0.2, -0.15) is 0 Å². The molecular weight excluding hydrogens is 286 g/mol. The number of hydrogen-bond acceptors (Lipinski definition) is 3. The molecule has 21 heavy (non-hydrogen) atoms. The molecule has 0 radical (unpaired) electrons. The van der Waals surface area contributed by atoms with Gasteiger partial charge < -0.3 is 10.6 Å². The van der Waals surface area contributed by atoms with Crippen molar-refractivity contribution >= 4 is 17.5 Å². The molecule has 0 bridgehead atoms. The lowest BCUT2D eigenvalue weighted by molar-refractivity contribution is 0.0762. The van der Waals surface area contributed by atoms with E-state index in [1.807, 2.05) is 30.3 Å². The van der Waals surface area contributed by atoms with E-state index in [1.165, 1.54) is 11.8 Å². The Morgan fingerprint density at radius 1 is 1.19 bits per heavy atom. The van der Waals surface area contributed by atoms with E-state index in [9.17, 15) is 4.79 Å². The molecule has 0 aliphatic heterocycles. The predicted molar refractivity (Wildman–Crippen MR) is 84.4 cm³/mol. The minimum Gasteiger partial charge on any atom is -0.337 e. The summed E-state index contributed by atoms with van der Waals surface area (Å²) in [5.41, 5.74) is 7.27. The zero-order valence-corrected chi connectivity index (χ0v) is 12.5. The molecule has 2 aromatic rings. The lowest BCUT2D eigenvalue weighted by Crippen LogP contribution is -2.37. The fraction of sp³-hybridized carbons (Fsp3) is 0.250. The molecule has 2 rings (SSSR count). The smallest absolute Gasteiger partial charge is 0.255 e. The van der Waals surface area contributed by atoms with E-state index >= 15 is 0 Å². The van der Waals surface area contributed by atoms with E-state index in [2.05, 4.69) is 4.98 Å². The maximum absolute atomic E-state index is 12.5. The second kappa shape index (κ2) is 7.76. The van der Waals surface area contributed by atoms with Crippen LogP contribution in [0, 0.1) is 0 Å². The first kappa shape index (κ1) is 15.5. The maximum Gasteiger partial charge on any atom is 0.255 e. The lowest BCUT2D eigenvalue weighted by atomic mass is 10.1. The molecule has 0 fully saturated rings. The van der Waals surface area contributed by atoms with Crippen LogP contribution < -0.4 is 5.73 Å². The molecule has 110 valence electrons.